The van der Waals surface area contributed by atoms with Gasteiger partial charge in [0, 0.05) is 18.2 Å². The van der Waals surface area contributed by atoms with Gasteiger partial charge in [0.2, 0.25) is 0 Å². The molecule has 7 aromatic rings. The summed E-state index contributed by atoms with van der Waals surface area (Å²) in [6.45, 7) is 19.4. The molecule has 0 radical (unpaired) electrons. The van der Waals surface area contributed by atoms with Crippen molar-refractivity contribution in [3.05, 3.63) is 211 Å². The van der Waals surface area contributed by atoms with Gasteiger partial charge in [-0.1, -0.05) is 117 Å². The molecule has 0 atom stereocenters. The Morgan fingerprint density at radius 3 is 0.621 bits per heavy atom. The summed E-state index contributed by atoms with van der Waals surface area (Å²) >= 11 is 4.29. The molecular weight excluding hydrogens is 841 g/mol. The normalized spacial score (nSPS) is 11.0. The molecule has 0 aliphatic rings. The Kier molecular flexibility index (Phi) is 16.4. The van der Waals surface area contributed by atoms with Crippen molar-refractivity contribution < 1.29 is 33.2 Å². The number of ether oxygens (including phenoxy) is 7. The zero-order chi connectivity index (χ0) is 46.6. The van der Waals surface area contributed by atoms with Gasteiger partial charge >= 0.3 is 0 Å². The van der Waals surface area contributed by atoms with Gasteiger partial charge in [-0.05, 0) is 131 Å². The van der Waals surface area contributed by atoms with E-state index in [9.17, 15) is 0 Å². The lowest BCUT2D eigenvalue weighted by atomic mass is 10.1. The fraction of sp³-hybridized carbons (Fsp3) is 0.276. The van der Waals surface area contributed by atoms with E-state index < -0.39 is 0 Å². The quantitative estimate of drug-likeness (QED) is 0.0569. The Hall–Kier alpha value is -6.35. The smallest absolute Gasteiger partial charge is 0.123 e. The number of hydrogen-bond donors (Lipinski definition) is 1. The number of rotatable bonds is 21. The minimum absolute atomic E-state index is 0.262. The summed E-state index contributed by atoms with van der Waals surface area (Å²) < 4.78 is 44.3. The Bertz CT molecular complexity index is 2350. The summed E-state index contributed by atoms with van der Waals surface area (Å²) in [5.41, 5.74) is 16.7. The zero-order valence-corrected chi connectivity index (χ0v) is 40.5. The molecule has 342 valence electrons. The van der Waals surface area contributed by atoms with Gasteiger partial charge in [-0.2, -0.15) is 12.6 Å². The number of aryl methyl sites for hydroxylation is 8. The van der Waals surface area contributed by atoms with Crippen LogP contribution in [0, 0.1) is 55.4 Å². The third-order valence-corrected chi connectivity index (χ3v) is 10.9. The lowest BCUT2D eigenvalue weighted by molar-refractivity contribution is 0.169. The van der Waals surface area contributed by atoms with Crippen molar-refractivity contribution in [3.63, 3.8) is 0 Å². The first-order valence-electron chi connectivity index (χ1n) is 22.4. The van der Waals surface area contributed by atoms with Crippen molar-refractivity contribution in [1.29, 1.82) is 0 Å². The molecule has 0 aliphatic heterocycles. The molecule has 66 heavy (non-hydrogen) atoms. The van der Waals surface area contributed by atoms with E-state index in [1.807, 2.05) is 54.6 Å². The first-order valence-corrected chi connectivity index (χ1v) is 23.1. The van der Waals surface area contributed by atoms with Crippen LogP contribution in [0.15, 0.2) is 127 Å². The average Bonchev–Trinajstić information content (AvgIpc) is 3.25. The molecule has 0 saturated carbocycles. The molecule has 0 bridgehead atoms. The van der Waals surface area contributed by atoms with Gasteiger partial charge in [-0.15, -0.1) is 0 Å². The highest BCUT2D eigenvalue weighted by Crippen LogP contribution is 2.31. The van der Waals surface area contributed by atoms with Crippen LogP contribution in [0.2, 0.25) is 0 Å². The predicted molar refractivity (Wildman–Crippen MR) is 268 cm³/mol. The Morgan fingerprint density at radius 2 is 0.424 bits per heavy atom. The second-order valence-corrected chi connectivity index (χ2v) is 17.9. The van der Waals surface area contributed by atoms with Crippen molar-refractivity contribution in [2.24, 2.45) is 0 Å². The largest absolute Gasteiger partial charge is 0.489 e. The van der Waals surface area contributed by atoms with E-state index in [2.05, 4.69) is 141 Å². The summed E-state index contributed by atoms with van der Waals surface area (Å²) in [4.78, 5) is 0. The topological polar surface area (TPSA) is 64.6 Å². The highest BCUT2D eigenvalue weighted by Gasteiger charge is 2.12. The van der Waals surface area contributed by atoms with Crippen LogP contribution in [0.25, 0.3) is 0 Å². The molecule has 0 heterocycles. The van der Waals surface area contributed by atoms with Crippen LogP contribution >= 0.6 is 12.6 Å². The van der Waals surface area contributed by atoms with Gasteiger partial charge in [-0.25, -0.2) is 0 Å². The van der Waals surface area contributed by atoms with Crippen molar-refractivity contribution >= 4 is 12.6 Å². The van der Waals surface area contributed by atoms with Crippen LogP contribution in [0.4, 0.5) is 0 Å². The monoisotopic (exact) mass is 902 g/mol. The molecule has 0 amide bonds. The number of benzene rings is 7. The Balaban J connectivity index is 1.10. The highest BCUT2D eigenvalue weighted by atomic mass is 32.1. The van der Waals surface area contributed by atoms with E-state index in [0.717, 1.165) is 38.9 Å². The zero-order valence-electron chi connectivity index (χ0n) is 39.6. The third kappa shape index (κ3) is 14.8. The molecule has 7 aromatic carbocycles. The van der Waals surface area contributed by atoms with Crippen LogP contribution in [0.5, 0.6) is 34.5 Å². The van der Waals surface area contributed by atoms with Gasteiger partial charge in [0.05, 0.1) is 12.5 Å². The highest BCUT2D eigenvalue weighted by molar-refractivity contribution is 7.80. The molecule has 8 heteroatoms. The Labute approximate surface area is 397 Å². The first kappa shape index (κ1) is 47.6. The minimum atomic E-state index is 0.262. The number of hydrogen-bond acceptors (Lipinski definition) is 8. The lowest BCUT2D eigenvalue weighted by Crippen LogP contribution is -2.03. The van der Waals surface area contributed by atoms with Gasteiger partial charge < -0.3 is 33.2 Å². The summed E-state index contributed by atoms with van der Waals surface area (Å²) in [5.74, 6) is 4.33. The molecule has 0 unspecified atom stereocenters. The second-order valence-electron chi connectivity index (χ2n) is 17.6. The van der Waals surface area contributed by atoms with Crippen molar-refractivity contribution in [1.82, 2.24) is 0 Å². The second kappa shape index (κ2) is 22.7. The SMILES string of the molecule is Cc1cc(C)cc(COc2cc(COc3cc(COCS)cc(OCc4cc(OCc5cc(C)cc(C)c5)cc(OCc5cc(C)cc(C)c5)c4)c3)cc(OCc3cc(C)cc(C)c3)c2)c1. The van der Waals surface area contributed by atoms with Crippen LogP contribution in [0.3, 0.4) is 0 Å². The average molecular weight is 903 g/mol. The molecule has 0 N–H and O–H groups in total. The van der Waals surface area contributed by atoms with Crippen LogP contribution in [-0.4, -0.2) is 5.94 Å². The van der Waals surface area contributed by atoms with E-state index in [4.69, 9.17) is 33.2 Å². The maximum absolute atomic E-state index is 6.52. The lowest BCUT2D eigenvalue weighted by Gasteiger charge is -2.16. The summed E-state index contributed by atoms with van der Waals surface area (Å²) in [5, 5.41) is 0. The summed E-state index contributed by atoms with van der Waals surface area (Å²) in [6.07, 6.45) is 0. The van der Waals surface area contributed by atoms with Gasteiger partial charge in [0.15, 0.2) is 0 Å². The van der Waals surface area contributed by atoms with Crippen molar-refractivity contribution in [2.75, 3.05) is 5.94 Å². The summed E-state index contributed by atoms with van der Waals surface area (Å²) in [6, 6.07) is 43.6. The molecule has 7 nitrogen and oxygen atoms in total. The van der Waals surface area contributed by atoms with E-state index in [0.29, 0.717) is 67.5 Å². The van der Waals surface area contributed by atoms with E-state index >= 15 is 0 Å². The fourth-order valence-electron chi connectivity index (χ4n) is 8.41. The molecule has 0 fully saturated rings. The van der Waals surface area contributed by atoms with Crippen LogP contribution in [0.1, 0.15) is 83.5 Å². The van der Waals surface area contributed by atoms with E-state index in [1.165, 1.54) is 44.5 Å². The van der Waals surface area contributed by atoms with Crippen LogP contribution in [-0.2, 0) is 51.0 Å². The molecule has 0 spiro atoms. The molecule has 0 aliphatic carbocycles. The fourth-order valence-corrected chi connectivity index (χ4v) is 8.51. The molecule has 0 saturated heterocycles. The maximum atomic E-state index is 6.52. The van der Waals surface area contributed by atoms with Gasteiger partial charge in [-0.3, -0.25) is 0 Å². The maximum Gasteiger partial charge on any atom is 0.123 e. The predicted octanol–water partition coefficient (Wildman–Crippen LogP) is 14.0. The standard InChI is InChI=1S/C58H62O7S/c1-38-9-39(2)14-46(13-38)31-60-55-23-51(24-56(28-55)61-32-47-15-40(3)10-41(4)16-47)35-64-53-21-50(30-59-37-66)22-54(27-53)65-36-52-25-57(62-33-48-17-42(5)11-43(6)18-48)29-58(26-52)63-34-49-19-44(7)12-45(8)20-49/h9-29,66H,30-37H2,1-8H3. The van der Waals surface area contributed by atoms with Gasteiger partial charge in [0.1, 0.15) is 74.1 Å². The van der Waals surface area contributed by atoms with E-state index in [1.54, 1.807) is 0 Å². The van der Waals surface area contributed by atoms with Crippen molar-refractivity contribution in [3.8, 4) is 34.5 Å². The van der Waals surface area contributed by atoms with Gasteiger partial charge in [0.25, 0.3) is 0 Å². The van der Waals surface area contributed by atoms with Crippen LogP contribution < -0.4 is 28.4 Å². The number of thiol groups is 1. The van der Waals surface area contributed by atoms with E-state index in [-0.39, 0.29) is 19.2 Å². The molecule has 7 rings (SSSR count). The Morgan fingerprint density at radius 1 is 0.242 bits per heavy atom. The minimum Gasteiger partial charge on any atom is -0.489 e. The van der Waals surface area contributed by atoms with Crippen molar-refractivity contribution in [2.45, 2.75) is 102 Å². The molecule has 0 aromatic heterocycles. The third-order valence-electron chi connectivity index (χ3n) is 10.7. The molecular formula is C58H62O7S. The first-order chi connectivity index (χ1) is 31.8. The summed E-state index contributed by atoms with van der Waals surface area (Å²) in [7, 11) is 0.